The second-order valence-electron chi connectivity index (χ2n) is 7.23. The first-order chi connectivity index (χ1) is 12.1. The van der Waals surface area contributed by atoms with Gasteiger partial charge in [0.25, 0.3) is 0 Å². The number of nitrogens with zero attached hydrogens (tertiary/aromatic N) is 5. The van der Waals surface area contributed by atoms with Crippen LogP contribution < -0.4 is 9.80 Å². The standard InChI is InChI=1S/C19H25N5O/c1-22(2)18-16-12-15(6-7-17(16)20-13-21-18)23-8-10-24(11-9-23)19(25)14-4-3-5-14/h6-7,12-14H,3-5,8-11H2,1-2H3. The summed E-state index contributed by atoms with van der Waals surface area (Å²) in [5.41, 5.74) is 2.14. The van der Waals surface area contributed by atoms with E-state index in [2.05, 4.69) is 38.0 Å². The number of rotatable bonds is 3. The predicted octanol–water partition coefficient (Wildman–Crippen LogP) is 2.14. The molecule has 1 aromatic heterocycles. The minimum Gasteiger partial charge on any atom is -0.368 e. The van der Waals surface area contributed by atoms with E-state index < -0.39 is 0 Å². The number of anilines is 2. The molecule has 1 amide bonds. The van der Waals surface area contributed by atoms with Gasteiger partial charge in [-0.05, 0) is 31.0 Å². The fourth-order valence-corrected chi connectivity index (χ4v) is 3.68. The molecule has 2 heterocycles. The van der Waals surface area contributed by atoms with E-state index in [0.29, 0.717) is 11.8 Å². The van der Waals surface area contributed by atoms with Crippen molar-refractivity contribution in [3.05, 3.63) is 24.5 Å². The Kier molecular flexibility index (Phi) is 4.19. The van der Waals surface area contributed by atoms with Crippen molar-refractivity contribution in [3.63, 3.8) is 0 Å². The van der Waals surface area contributed by atoms with Crippen LogP contribution in [0.25, 0.3) is 10.9 Å². The third kappa shape index (κ3) is 3.01. The number of amides is 1. The zero-order valence-electron chi connectivity index (χ0n) is 15.0. The summed E-state index contributed by atoms with van der Waals surface area (Å²) in [6, 6.07) is 6.36. The van der Waals surface area contributed by atoms with Crippen LogP contribution in [0.15, 0.2) is 24.5 Å². The summed E-state index contributed by atoms with van der Waals surface area (Å²) in [5, 5.41) is 1.07. The Labute approximate surface area is 148 Å². The van der Waals surface area contributed by atoms with Gasteiger partial charge in [-0.3, -0.25) is 4.79 Å². The minimum absolute atomic E-state index is 0.298. The van der Waals surface area contributed by atoms with Crippen LogP contribution in [0.5, 0.6) is 0 Å². The molecule has 2 fully saturated rings. The van der Waals surface area contributed by atoms with E-state index in [1.165, 1.54) is 12.1 Å². The van der Waals surface area contributed by atoms with Gasteiger partial charge in [0, 0.05) is 57.3 Å². The second kappa shape index (κ2) is 6.50. The van der Waals surface area contributed by atoms with Gasteiger partial charge in [-0.25, -0.2) is 9.97 Å². The number of hydrogen-bond donors (Lipinski definition) is 0. The Morgan fingerprint density at radius 3 is 2.52 bits per heavy atom. The molecular formula is C19H25N5O. The Bertz CT molecular complexity index is 778. The summed E-state index contributed by atoms with van der Waals surface area (Å²) < 4.78 is 0. The van der Waals surface area contributed by atoms with Crippen LogP contribution in [0.2, 0.25) is 0 Å². The minimum atomic E-state index is 0.298. The molecule has 2 aliphatic rings. The van der Waals surface area contributed by atoms with E-state index in [9.17, 15) is 4.79 Å². The number of fused-ring (bicyclic) bond motifs is 1. The molecule has 6 heteroatoms. The van der Waals surface area contributed by atoms with Crippen molar-refractivity contribution in [1.29, 1.82) is 0 Å². The molecule has 0 spiro atoms. The molecule has 1 aromatic carbocycles. The number of benzene rings is 1. The number of aromatic nitrogens is 2. The van der Waals surface area contributed by atoms with Crippen molar-refractivity contribution in [1.82, 2.24) is 14.9 Å². The molecule has 0 unspecified atom stereocenters. The van der Waals surface area contributed by atoms with Crippen molar-refractivity contribution in [2.45, 2.75) is 19.3 Å². The number of carbonyl (C=O) groups is 1. The van der Waals surface area contributed by atoms with Gasteiger partial charge in [0.2, 0.25) is 5.91 Å². The highest BCUT2D eigenvalue weighted by Crippen LogP contribution is 2.30. The van der Waals surface area contributed by atoms with Crippen LogP contribution in [0.4, 0.5) is 11.5 Å². The van der Waals surface area contributed by atoms with Gasteiger partial charge in [-0.1, -0.05) is 6.42 Å². The molecule has 1 saturated heterocycles. The summed E-state index contributed by atoms with van der Waals surface area (Å²) in [6.45, 7) is 3.41. The largest absolute Gasteiger partial charge is 0.368 e. The summed E-state index contributed by atoms with van der Waals surface area (Å²) in [6.07, 6.45) is 4.99. The average molecular weight is 339 g/mol. The summed E-state index contributed by atoms with van der Waals surface area (Å²) in [7, 11) is 4.00. The number of hydrogen-bond acceptors (Lipinski definition) is 5. The first kappa shape index (κ1) is 16.1. The van der Waals surface area contributed by atoms with Crippen LogP contribution >= 0.6 is 0 Å². The molecule has 25 heavy (non-hydrogen) atoms. The Balaban J connectivity index is 1.51. The maximum absolute atomic E-state index is 12.4. The zero-order valence-corrected chi connectivity index (χ0v) is 15.0. The highest BCUT2D eigenvalue weighted by atomic mass is 16.2. The third-order valence-corrected chi connectivity index (χ3v) is 5.43. The molecule has 1 aliphatic heterocycles. The third-order valence-electron chi connectivity index (χ3n) is 5.43. The lowest BCUT2D eigenvalue weighted by Gasteiger charge is -2.39. The quantitative estimate of drug-likeness (QED) is 0.858. The van der Waals surface area contributed by atoms with Gasteiger partial charge in [0.05, 0.1) is 5.52 Å². The topological polar surface area (TPSA) is 52.6 Å². The Morgan fingerprint density at radius 2 is 1.88 bits per heavy atom. The smallest absolute Gasteiger partial charge is 0.225 e. The molecule has 0 radical (unpaired) electrons. The highest BCUT2D eigenvalue weighted by Gasteiger charge is 2.31. The molecule has 2 aromatic rings. The summed E-state index contributed by atoms with van der Waals surface area (Å²) >= 11 is 0. The Morgan fingerprint density at radius 1 is 1.12 bits per heavy atom. The number of carbonyl (C=O) groups excluding carboxylic acids is 1. The summed E-state index contributed by atoms with van der Waals surface area (Å²) in [4.78, 5) is 27.6. The average Bonchev–Trinajstić information content (AvgIpc) is 2.59. The van der Waals surface area contributed by atoms with Crippen LogP contribution in [-0.4, -0.2) is 61.0 Å². The van der Waals surface area contributed by atoms with Gasteiger partial charge in [-0.15, -0.1) is 0 Å². The molecule has 0 N–H and O–H groups in total. The molecule has 132 valence electrons. The van der Waals surface area contributed by atoms with Gasteiger partial charge in [0.1, 0.15) is 12.1 Å². The zero-order chi connectivity index (χ0) is 17.4. The number of piperazine rings is 1. The van der Waals surface area contributed by atoms with E-state index in [1.54, 1.807) is 6.33 Å². The van der Waals surface area contributed by atoms with E-state index in [-0.39, 0.29) is 0 Å². The van der Waals surface area contributed by atoms with Gasteiger partial charge < -0.3 is 14.7 Å². The molecule has 0 bridgehead atoms. The fraction of sp³-hybridized carbons (Fsp3) is 0.526. The van der Waals surface area contributed by atoms with Gasteiger partial charge in [-0.2, -0.15) is 0 Å². The maximum Gasteiger partial charge on any atom is 0.225 e. The van der Waals surface area contributed by atoms with E-state index in [1.807, 2.05) is 19.0 Å². The Hall–Kier alpha value is -2.37. The molecular weight excluding hydrogens is 314 g/mol. The molecule has 6 nitrogen and oxygen atoms in total. The van der Waals surface area contributed by atoms with Crippen molar-refractivity contribution in [2.24, 2.45) is 5.92 Å². The van der Waals surface area contributed by atoms with Crippen molar-refractivity contribution >= 4 is 28.3 Å². The van der Waals surface area contributed by atoms with Gasteiger partial charge >= 0.3 is 0 Å². The lowest BCUT2D eigenvalue weighted by Crippen LogP contribution is -2.51. The summed E-state index contributed by atoms with van der Waals surface area (Å²) in [5.74, 6) is 1.60. The van der Waals surface area contributed by atoms with Crippen LogP contribution in [0.3, 0.4) is 0 Å². The van der Waals surface area contributed by atoms with E-state index in [0.717, 1.165) is 55.7 Å². The predicted molar refractivity (Wildman–Crippen MR) is 100.0 cm³/mol. The SMILES string of the molecule is CN(C)c1ncnc2ccc(N3CCN(C(=O)C4CCC4)CC3)cc12. The maximum atomic E-state index is 12.4. The van der Waals surface area contributed by atoms with Crippen molar-refractivity contribution in [2.75, 3.05) is 50.1 Å². The normalized spacial score (nSPS) is 18.3. The lowest BCUT2D eigenvalue weighted by atomic mass is 9.84. The molecule has 0 atom stereocenters. The monoisotopic (exact) mass is 339 g/mol. The lowest BCUT2D eigenvalue weighted by molar-refractivity contribution is -0.138. The van der Waals surface area contributed by atoms with E-state index in [4.69, 9.17) is 0 Å². The second-order valence-corrected chi connectivity index (χ2v) is 7.23. The first-order valence-corrected chi connectivity index (χ1v) is 9.09. The van der Waals surface area contributed by atoms with Crippen LogP contribution in [0.1, 0.15) is 19.3 Å². The van der Waals surface area contributed by atoms with Gasteiger partial charge in [0.15, 0.2) is 0 Å². The van der Waals surface area contributed by atoms with Crippen molar-refractivity contribution < 1.29 is 4.79 Å². The molecule has 1 aliphatic carbocycles. The molecule has 1 saturated carbocycles. The first-order valence-electron chi connectivity index (χ1n) is 9.09. The fourth-order valence-electron chi connectivity index (χ4n) is 3.68. The van der Waals surface area contributed by atoms with Crippen LogP contribution in [0, 0.1) is 5.92 Å². The molecule has 4 rings (SSSR count). The van der Waals surface area contributed by atoms with Crippen molar-refractivity contribution in [3.8, 4) is 0 Å². The van der Waals surface area contributed by atoms with E-state index >= 15 is 0 Å². The van der Waals surface area contributed by atoms with Crippen LogP contribution in [-0.2, 0) is 4.79 Å². The highest BCUT2D eigenvalue weighted by molar-refractivity contribution is 5.91.